The van der Waals surface area contributed by atoms with Gasteiger partial charge in [0, 0.05) is 12.3 Å². The molecule has 1 unspecified atom stereocenters. The van der Waals surface area contributed by atoms with E-state index < -0.39 is 8.07 Å². The molecule has 0 radical (unpaired) electrons. The third kappa shape index (κ3) is 1.40. The van der Waals surface area contributed by atoms with Gasteiger partial charge >= 0.3 is 0 Å². The average Bonchev–Trinajstić information content (AvgIpc) is 2.41. The third-order valence-electron chi connectivity index (χ3n) is 2.85. The fourth-order valence-corrected chi connectivity index (χ4v) is 4.57. The van der Waals surface area contributed by atoms with Crippen LogP contribution in [-0.4, -0.2) is 27.1 Å². The maximum absolute atomic E-state index is 11.8. The molecule has 0 bridgehead atoms. The maximum Gasteiger partial charge on any atom is 0.155 e. The molecule has 2 aliphatic rings. The molecular formula is C10H16O2Si. The smallest absolute Gasteiger partial charge is 0.155 e. The summed E-state index contributed by atoms with van der Waals surface area (Å²) in [6.45, 7) is 8.22. The molecule has 1 saturated heterocycles. The van der Waals surface area contributed by atoms with E-state index in [0.29, 0.717) is 11.7 Å². The zero-order valence-electron chi connectivity index (χ0n) is 8.52. The molecule has 0 aromatic carbocycles. The summed E-state index contributed by atoms with van der Waals surface area (Å²) < 4.78 is 5.40. The number of ether oxygens (including phenoxy) is 1. The molecule has 13 heavy (non-hydrogen) atoms. The van der Waals surface area contributed by atoms with Crippen molar-refractivity contribution in [2.75, 3.05) is 13.2 Å². The molecule has 2 nitrogen and oxygen atoms in total. The largest absolute Gasteiger partial charge is 0.376 e. The summed E-state index contributed by atoms with van der Waals surface area (Å²) in [5, 5.41) is 1.18. The van der Waals surface area contributed by atoms with Gasteiger partial charge in [-0.25, -0.2) is 0 Å². The Hall–Kier alpha value is -0.413. The molecule has 1 atom stereocenters. The van der Waals surface area contributed by atoms with E-state index >= 15 is 0 Å². The zero-order chi connectivity index (χ0) is 9.64. The Morgan fingerprint density at radius 1 is 1.38 bits per heavy atom. The number of carbonyl (C=O) groups is 1. The van der Waals surface area contributed by atoms with Gasteiger partial charge < -0.3 is 4.74 Å². The molecule has 72 valence electrons. The van der Waals surface area contributed by atoms with E-state index in [1.165, 1.54) is 10.8 Å². The normalized spacial score (nSPS) is 28.5. The molecule has 0 aromatic rings. The van der Waals surface area contributed by atoms with E-state index in [2.05, 4.69) is 19.6 Å². The van der Waals surface area contributed by atoms with Crippen molar-refractivity contribution in [1.29, 1.82) is 0 Å². The van der Waals surface area contributed by atoms with Crippen LogP contribution in [0.3, 0.4) is 0 Å². The number of hydrogen-bond donors (Lipinski definition) is 0. The van der Waals surface area contributed by atoms with Gasteiger partial charge in [-0.2, -0.15) is 0 Å². The first-order valence-corrected chi connectivity index (χ1v) is 8.34. The summed E-state index contributed by atoms with van der Waals surface area (Å²) in [6, 6.07) is 0. The molecule has 0 spiro atoms. The van der Waals surface area contributed by atoms with Crippen LogP contribution in [-0.2, 0) is 9.53 Å². The predicted octanol–water partition coefficient (Wildman–Crippen LogP) is 1.78. The van der Waals surface area contributed by atoms with Gasteiger partial charge in [-0.15, -0.1) is 0 Å². The maximum atomic E-state index is 11.8. The molecular weight excluding hydrogens is 180 g/mol. The number of rotatable bonds is 1. The van der Waals surface area contributed by atoms with Gasteiger partial charge in [0.2, 0.25) is 0 Å². The van der Waals surface area contributed by atoms with Crippen molar-refractivity contribution in [2.24, 2.45) is 5.92 Å². The number of fused-ring (bicyclic) bond motifs is 1. The molecule has 0 N–H and O–H groups in total. The molecule has 3 heteroatoms. The van der Waals surface area contributed by atoms with E-state index in [1.54, 1.807) is 0 Å². The van der Waals surface area contributed by atoms with Gasteiger partial charge in [0.05, 0.1) is 21.3 Å². The lowest BCUT2D eigenvalue weighted by molar-refractivity contribution is -0.115. The molecule has 1 aliphatic carbocycles. The van der Waals surface area contributed by atoms with Crippen LogP contribution in [0.1, 0.15) is 6.42 Å². The minimum absolute atomic E-state index is 0.405. The molecule has 1 fully saturated rings. The van der Waals surface area contributed by atoms with Crippen LogP contribution >= 0.6 is 0 Å². The fourth-order valence-electron chi connectivity index (χ4n) is 2.39. The second-order valence-corrected chi connectivity index (χ2v) is 9.99. The Morgan fingerprint density at radius 3 is 2.69 bits per heavy atom. The van der Waals surface area contributed by atoms with Crippen molar-refractivity contribution in [3.8, 4) is 0 Å². The number of hydrogen-bond acceptors (Lipinski definition) is 2. The minimum Gasteiger partial charge on any atom is -0.376 e. The van der Waals surface area contributed by atoms with Crippen molar-refractivity contribution < 1.29 is 9.53 Å². The SMILES string of the molecule is C[Si](C)(C)C1=C2COCC2CC1=O. The van der Waals surface area contributed by atoms with E-state index in [9.17, 15) is 4.79 Å². The lowest BCUT2D eigenvalue weighted by atomic mass is 10.1. The average molecular weight is 196 g/mol. The van der Waals surface area contributed by atoms with Crippen molar-refractivity contribution in [2.45, 2.75) is 26.1 Å². The van der Waals surface area contributed by atoms with Gasteiger partial charge in [-0.3, -0.25) is 4.79 Å². The van der Waals surface area contributed by atoms with E-state index in [4.69, 9.17) is 4.74 Å². The number of Topliss-reactive ketones (excluding diaryl/α,β-unsaturated/α-hetero) is 1. The second-order valence-electron chi connectivity index (χ2n) is 4.99. The Labute approximate surface area is 80.0 Å². The lowest BCUT2D eigenvalue weighted by Crippen LogP contribution is -2.28. The predicted molar refractivity (Wildman–Crippen MR) is 54.3 cm³/mol. The Morgan fingerprint density at radius 2 is 2.08 bits per heavy atom. The number of allylic oxidation sites excluding steroid dienone is 1. The topological polar surface area (TPSA) is 26.3 Å². The molecule has 0 saturated carbocycles. The van der Waals surface area contributed by atoms with Crippen LogP contribution in [0.4, 0.5) is 0 Å². The molecule has 0 amide bonds. The van der Waals surface area contributed by atoms with Gasteiger partial charge in [0.1, 0.15) is 0 Å². The van der Waals surface area contributed by atoms with Gasteiger partial charge in [-0.1, -0.05) is 19.6 Å². The summed E-state index contributed by atoms with van der Waals surface area (Å²) >= 11 is 0. The summed E-state index contributed by atoms with van der Waals surface area (Å²) in [5.41, 5.74) is 1.34. The molecule has 1 aliphatic heterocycles. The quantitative estimate of drug-likeness (QED) is 0.598. The molecule has 1 heterocycles. The van der Waals surface area contributed by atoms with Crippen LogP contribution in [0.15, 0.2) is 10.8 Å². The van der Waals surface area contributed by atoms with Gasteiger partial charge in [-0.05, 0) is 10.8 Å². The van der Waals surface area contributed by atoms with E-state index in [1.807, 2.05) is 0 Å². The summed E-state index contributed by atoms with van der Waals surface area (Å²) in [7, 11) is -1.42. The monoisotopic (exact) mass is 196 g/mol. The second kappa shape index (κ2) is 2.79. The van der Waals surface area contributed by atoms with Crippen molar-refractivity contribution in [3.05, 3.63) is 10.8 Å². The summed E-state index contributed by atoms with van der Waals surface area (Å²) in [4.78, 5) is 11.8. The highest BCUT2D eigenvalue weighted by Gasteiger charge is 2.40. The first-order chi connectivity index (χ1) is 6.00. The van der Waals surface area contributed by atoms with E-state index in [-0.39, 0.29) is 0 Å². The lowest BCUT2D eigenvalue weighted by Gasteiger charge is -2.18. The number of ketones is 1. The first kappa shape index (κ1) is 9.15. The Kier molecular flexibility index (Phi) is 1.96. The summed E-state index contributed by atoms with van der Waals surface area (Å²) in [5.74, 6) is 0.844. The standard InChI is InChI=1S/C10H16O2Si/c1-13(2,3)10-8-6-12-5-7(8)4-9(10)11/h7H,4-6H2,1-3H3. The Bertz CT molecular complexity index is 286. The van der Waals surface area contributed by atoms with Crippen molar-refractivity contribution in [3.63, 3.8) is 0 Å². The van der Waals surface area contributed by atoms with Crippen LogP contribution in [0.25, 0.3) is 0 Å². The van der Waals surface area contributed by atoms with Crippen LogP contribution < -0.4 is 0 Å². The summed E-state index contributed by atoms with van der Waals surface area (Å²) in [6.07, 6.45) is 0.717. The van der Waals surface area contributed by atoms with Crippen molar-refractivity contribution >= 4 is 13.9 Å². The Balaban J connectivity index is 2.43. The van der Waals surface area contributed by atoms with Crippen LogP contribution in [0.2, 0.25) is 19.6 Å². The minimum atomic E-state index is -1.42. The van der Waals surface area contributed by atoms with Crippen molar-refractivity contribution in [1.82, 2.24) is 0 Å². The number of carbonyl (C=O) groups excluding carboxylic acids is 1. The highest BCUT2D eigenvalue weighted by atomic mass is 28.3. The van der Waals surface area contributed by atoms with Crippen LogP contribution in [0, 0.1) is 5.92 Å². The van der Waals surface area contributed by atoms with Gasteiger partial charge in [0.15, 0.2) is 5.78 Å². The molecule has 2 rings (SSSR count). The highest BCUT2D eigenvalue weighted by Crippen LogP contribution is 2.38. The first-order valence-electron chi connectivity index (χ1n) is 4.84. The highest BCUT2D eigenvalue weighted by molar-refractivity contribution is 6.87. The molecule has 0 aromatic heterocycles. The fraction of sp³-hybridized carbons (Fsp3) is 0.700. The zero-order valence-corrected chi connectivity index (χ0v) is 9.52. The third-order valence-corrected chi connectivity index (χ3v) is 4.95. The van der Waals surface area contributed by atoms with Crippen LogP contribution in [0.5, 0.6) is 0 Å². The van der Waals surface area contributed by atoms with Gasteiger partial charge in [0.25, 0.3) is 0 Å². The van der Waals surface area contributed by atoms with E-state index in [0.717, 1.165) is 19.6 Å².